The quantitative estimate of drug-likeness (QED) is 0.865. The van der Waals surface area contributed by atoms with Gasteiger partial charge in [-0.1, -0.05) is 18.2 Å². The van der Waals surface area contributed by atoms with Gasteiger partial charge in [-0.15, -0.1) is 0 Å². The Labute approximate surface area is 147 Å². The first-order valence-electron chi connectivity index (χ1n) is 8.98. The SMILES string of the molecule is CN(C)C(=O)[C@@H]1CCCN1C(=O)c1nc2ccccc2cc1C1CC1. The highest BCUT2D eigenvalue weighted by atomic mass is 16.2. The topological polar surface area (TPSA) is 53.5 Å². The summed E-state index contributed by atoms with van der Waals surface area (Å²) in [6, 6.07) is 9.67. The van der Waals surface area contributed by atoms with Crippen LogP contribution in [0.3, 0.4) is 0 Å². The van der Waals surface area contributed by atoms with Crippen LogP contribution in [0.15, 0.2) is 30.3 Å². The molecule has 0 unspecified atom stereocenters. The van der Waals surface area contributed by atoms with Crippen LogP contribution in [0.2, 0.25) is 0 Å². The van der Waals surface area contributed by atoms with Gasteiger partial charge in [-0.25, -0.2) is 4.98 Å². The summed E-state index contributed by atoms with van der Waals surface area (Å²) in [5.41, 5.74) is 2.43. The predicted octanol–water partition coefficient (Wildman–Crippen LogP) is 2.81. The minimum Gasteiger partial charge on any atom is -0.347 e. The van der Waals surface area contributed by atoms with Crippen LogP contribution in [0.1, 0.15) is 47.7 Å². The Kier molecular flexibility index (Phi) is 3.94. The number of likely N-dealkylation sites (tertiary alicyclic amines) is 1. The Bertz CT molecular complexity index is 842. The van der Waals surface area contributed by atoms with Gasteiger partial charge in [0.2, 0.25) is 5.91 Å². The van der Waals surface area contributed by atoms with E-state index in [0.717, 1.165) is 42.1 Å². The normalized spacial score (nSPS) is 20.1. The predicted molar refractivity (Wildman–Crippen MR) is 96.5 cm³/mol. The minimum atomic E-state index is -0.358. The van der Waals surface area contributed by atoms with E-state index in [9.17, 15) is 9.59 Å². The molecule has 1 aliphatic carbocycles. The molecule has 4 rings (SSSR count). The number of rotatable bonds is 3. The lowest BCUT2D eigenvalue weighted by Crippen LogP contribution is -2.45. The maximum Gasteiger partial charge on any atom is 0.273 e. The smallest absolute Gasteiger partial charge is 0.273 e. The zero-order chi connectivity index (χ0) is 17.6. The molecule has 1 aromatic heterocycles. The third kappa shape index (κ3) is 2.88. The van der Waals surface area contributed by atoms with Gasteiger partial charge < -0.3 is 9.80 Å². The number of likely N-dealkylation sites (N-methyl/N-ethyl adjacent to an activating group) is 1. The molecule has 5 heteroatoms. The minimum absolute atomic E-state index is 0.000360. The number of aromatic nitrogens is 1. The van der Waals surface area contributed by atoms with Crippen molar-refractivity contribution in [2.45, 2.75) is 37.6 Å². The van der Waals surface area contributed by atoms with Gasteiger partial charge in [0.15, 0.2) is 0 Å². The maximum atomic E-state index is 13.3. The van der Waals surface area contributed by atoms with Crippen molar-refractivity contribution in [3.05, 3.63) is 41.6 Å². The molecule has 1 saturated heterocycles. The number of nitrogens with zero attached hydrogens (tertiary/aromatic N) is 3. The second-order valence-corrected chi connectivity index (χ2v) is 7.28. The molecule has 25 heavy (non-hydrogen) atoms. The summed E-state index contributed by atoms with van der Waals surface area (Å²) < 4.78 is 0. The van der Waals surface area contributed by atoms with E-state index >= 15 is 0 Å². The first kappa shape index (κ1) is 16.1. The number of carbonyl (C=O) groups excluding carboxylic acids is 2. The molecule has 0 spiro atoms. The highest BCUT2D eigenvalue weighted by Crippen LogP contribution is 2.42. The van der Waals surface area contributed by atoms with Gasteiger partial charge >= 0.3 is 0 Å². The molecule has 130 valence electrons. The van der Waals surface area contributed by atoms with E-state index in [-0.39, 0.29) is 17.9 Å². The molecule has 2 fully saturated rings. The van der Waals surface area contributed by atoms with Gasteiger partial charge in [0.1, 0.15) is 11.7 Å². The third-order valence-electron chi connectivity index (χ3n) is 5.21. The summed E-state index contributed by atoms with van der Waals surface area (Å²) in [6.45, 7) is 0.627. The highest BCUT2D eigenvalue weighted by molar-refractivity contribution is 5.99. The molecule has 2 heterocycles. The standard InChI is InChI=1S/C20H23N3O2/c1-22(2)19(24)17-8-5-11-23(17)20(25)18-15(13-9-10-13)12-14-6-3-4-7-16(14)21-18/h3-4,6-7,12-13,17H,5,8-11H2,1-2H3/t17-/m0/s1. The molecule has 0 radical (unpaired) electrons. The number of hydrogen-bond donors (Lipinski definition) is 0. The molecule has 1 atom stereocenters. The van der Waals surface area contributed by atoms with Gasteiger partial charge in [0.25, 0.3) is 5.91 Å². The highest BCUT2D eigenvalue weighted by Gasteiger charge is 2.38. The Hall–Kier alpha value is -2.43. The molecule has 2 amide bonds. The van der Waals surface area contributed by atoms with Gasteiger partial charge in [0.05, 0.1) is 5.52 Å². The van der Waals surface area contributed by atoms with E-state index in [1.165, 1.54) is 0 Å². The van der Waals surface area contributed by atoms with Crippen molar-refractivity contribution in [3.63, 3.8) is 0 Å². The van der Waals surface area contributed by atoms with E-state index in [0.29, 0.717) is 18.2 Å². The van der Waals surface area contributed by atoms with E-state index < -0.39 is 0 Å². The van der Waals surface area contributed by atoms with Crippen LogP contribution in [0, 0.1) is 0 Å². The summed E-state index contributed by atoms with van der Waals surface area (Å²) in [6.07, 6.45) is 3.82. The number of pyridine rings is 1. The maximum absolute atomic E-state index is 13.3. The molecule has 1 aliphatic heterocycles. The molecule has 2 aromatic rings. The van der Waals surface area contributed by atoms with E-state index in [1.807, 2.05) is 24.3 Å². The van der Waals surface area contributed by atoms with Crippen LogP contribution in [0.4, 0.5) is 0 Å². The fourth-order valence-electron chi connectivity index (χ4n) is 3.71. The third-order valence-corrected chi connectivity index (χ3v) is 5.21. The molecule has 1 aromatic carbocycles. The van der Waals surface area contributed by atoms with Crippen molar-refractivity contribution in [2.24, 2.45) is 0 Å². The number of carbonyl (C=O) groups is 2. The summed E-state index contributed by atoms with van der Waals surface area (Å²) in [5, 5.41) is 1.07. The lowest BCUT2D eigenvalue weighted by molar-refractivity contribution is -0.132. The number of para-hydroxylation sites is 1. The zero-order valence-electron chi connectivity index (χ0n) is 14.7. The second kappa shape index (κ2) is 6.14. The first-order chi connectivity index (χ1) is 12.1. The van der Waals surface area contributed by atoms with E-state index in [1.54, 1.807) is 23.9 Å². The largest absolute Gasteiger partial charge is 0.347 e. The average Bonchev–Trinajstić information content (AvgIpc) is 3.35. The number of amides is 2. The Balaban J connectivity index is 1.74. The van der Waals surface area contributed by atoms with Crippen LogP contribution in [0.25, 0.3) is 10.9 Å². The second-order valence-electron chi connectivity index (χ2n) is 7.28. The van der Waals surface area contributed by atoms with Crippen LogP contribution in [0.5, 0.6) is 0 Å². The molecular weight excluding hydrogens is 314 g/mol. The molecule has 1 saturated carbocycles. The Morgan fingerprint density at radius 1 is 1.16 bits per heavy atom. The van der Waals surface area contributed by atoms with Gasteiger partial charge in [-0.05, 0) is 49.3 Å². The summed E-state index contributed by atoms with van der Waals surface area (Å²) in [5.74, 6) is 0.339. The van der Waals surface area contributed by atoms with Crippen LogP contribution >= 0.6 is 0 Å². The van der Waals surface area contributed by atoms with Crippen molar-refractivity contribution >= 4 is 22.7 Å². The molecule has 0 N–H and O–H groups in total. The van der Waals surface area contributed by atoms with E-state index in [2.05, 4.69) is 6.07 Å². The van der Waals surface area contributed by atoms with Gasteiger partial charge in [-0.2, -0.15) is 0 Å². The van der Waals surface area contributed by atoms with Crippen molar-refractivity contribution in [3.8, 4) is 0 Å². The molecule has 0 bridgehead atoms. The van der Waals surface area contributed by atoms with Crippen molar-refractivity contribution in [2.75, 3.05) is 20.6 Å². The molecular formula is C20H23N3O2. The van der Waals surface area contributed by atoms with Gasteiger partial charge in [0, 0.05) is 26.0 Å². The fourth-order valence-corrected chi connectivity index (χ4v) is 3.71. The number of fused-ring (bicyclic) bond motifs is 1. The van der Waals surface area contributed by atoms with Gasteiger partial charge in [-0.3, -0.25) is 9.59 Å². The lowest BCUT2D eigenvalue weighted by atomic mass is 10.0. The fraction of sp³-hybridized carbons (Fsp3) is 0.450. The number of hydrogen-bond acceptors (Lipinski definition) is 3. The lowest BCUT2D eigenvalue weighted by Gasteiger charge is -2.26. The number of benzene rings is 1. The Morgan fingerprint density at radius 2 is 1.92 bits per heavy atom. The zero-order valence-corrected chi connectivity index (χ0v) is 14.7. The molecule has 5 nitrogen and oxygen atoms in total. The van der Waals surface area contributed by atoms with Crippen LogP contribution in [-0.4, -0.2) is 53.3 Å². The first-order valence-corrected chi connectivity index (χ1v) is 8.98. The summed E-state index contributed by atoms with van der Waals surface area (Å²) in [7, 11) is 3.49. The summed E-state index contributed by atoms with van der Waals surface area (Å²) >= 11 is 0. The summed E-state index contributed by atoms with van der Waals surface area (Å²) in [4.78, 5) is 33.7. The van der Waals surface area contributed by atoms with Crippen LogP contribution < -0.4 is 0 Å². The van der Waals surface area contributed by atoms with Crippen molar-refractivity contribution in [1.29, 1.82) is 0 Å². The van der Waals surface area contributed by atoms with Crippen molar-refractivity contribution in [1.82, 2.24) is 14.8 Å². The van der Waals surface area contributed by atoms with Crippen molar-refractivity contribution < 1.29 is 9.59 Å². The van der Waals surface area contributed by atoms with E-state index in [4.69, 9.17) is 4.98 Å². The Morgan fingerprint density at radius 3 is 2.64 bits per heavy atom. The molecule has 2 aliphatic rings. The monoisotopic (exact) mass is 337 g/mol. The average molecular weight is 337 g/mol. The van der Waals surface area contributed by atoms with Crippen LogP contribution in [-0.2, 0) is 4.79 Å².